The van der Waals surface area contributed by atoms with E-state index in [1.165, 1.54) is 0 Å². The molecule has 3 atom stereocenters. The smallest absolute Gasteiger partial charge is 0.0563 e. The fourth-order valence-corrected chi connectivity index (χ4v) is 1.19. The van der Waals surface area contributed by atoms with E-state index in [4.69, 9.17) is 9.84 Å². The first kappa shape index (κ1) is 7.03. The zero-order valence-corrected chi connectivity index (χ0v) is 6.00. The van der Waals surface area contributed by atoms with Crippen LogP contribution in [0.25, 0.3) is 0 Å². The van der Waals surface area contributed by atoms with Crippen LogP contribution in [0.5, 0.6) is 0 Å². The first-order chi connectivity index (χ1) is 4.20. The van der Waals surface area contributed by atoms with Crippen molar-refractivity contribution < 1.29 is 9.84 Å². The Bertz CT molecular complexity index is 90.9. The molecule has 0 bridgehead atoms. The van der Waals surface area contributed by atoms with Crippen molar-refractivity contribution in [3.05, 3.63) is 0 Å². The fourth-order valence-electron chi connectivity index (χ4n) is 1.19. The molecule has 0 aromatic carbocycles. The van der Waals surface area contributed by atoms with E-state index in [1.807, 2.05) is 13.8 Å². The highest BCUT2D eigenvalue weighted by Gasteiger charge is 2.25. The molecule has 1 saturated heterocycles. The average molecular weight is 130 g/mol. The van der Waals surface area contributed by atoms with Gasteiger partial charge < -0.3 is 9.84 Å². The third-order valence-electron chi connectivity index (χ3n) is 1.91. The van der Waals surface area contributed by atoms with E-state index >= 15 is 0 Å². The van der Waals surface area contributed by atoms with Crippen LogP contribution in [0.3, 0.4) is 0 Å². The predicted molar refractivity (Wildman–Crippen MR) is 35.2 cm³/mol. The minimum atomic E-state index is -0.199. The van der Waals surface area contributed by atoms with Gasteiger partial charge in [-0.3, -0.25) is 0 Å². The molecule has 1 aliphatic heterocycles. The summed E-state index contributed by atoms with van der Waals surface area (Å²) in [7, 11) is 0. The molecule has 1 fully saturated rings. The van der Waals surface area contributed by atoms with Crippen molar-refractivity contribution in [3.8, 4) is 0 Å². The van der Waals surface area contributed by atoms with E-state index < -0.39 is 0 Å². The van der Waals surface area contributed by atoms with E-state index in [0.29, 0.717) is 12.0 Å². The van der Waals surface area contributed by atoms with Crippen molar-refractivity contribution in [1.29, 1.82) is 0 Å². The number of hydrogen-bond acceptors (Lipinski definition) is 2. The average Bonchev–Trinajstić information content (AvgIpc) is 2.14. The Labute approximate surface area is 55.8 Å². The molecule has 0 radical (unpaired) electrons. The molecule has 0 saturated carbocycles. The monoisotopic (exact) mass is 130 g/mol. The van der Waals surface area contributed by atoms with Crippen molar-refractivity contribution in [2.24, 2.45) is 5.92 Å². The van der Waals surface area contributed by atoms with Gasteiger partial charge in [0.05, 0.1) is 18.8 Å². The van der Waals surface area contributed by atoms with Gasteiger partial charge in [-0.2, -0.15) is 0 Å². The summed E-state index contributed by atoms with van der Waals surface area (Å²) in [5.74, 6) is 0.375. The maximum Gasteiger partial charge on any atom is 0.0563 e. The van der Waals surface area contributed by atoms with Gasteiger partial charge in [0.25, 0.3) is 0 Å². The van der Waals surface area contributed by atoms with Crippen molar-refractivity contribution in [2.45, 2.75) is 32.5 Å². The van der Waals surface area contributed by atoms with Gasteiger partial charge in [0, 0.05) is 5.92 Å². The topological polar surface area (TPSA) is 29.5 Å². The van der Waals surface area contributed by atoms with Crippen LogP contribution in [-0.4, -0.2) is 23.9 Å². The number of aliphatic hydroxyl groups excluding tert-OH is 1. The molecule has 1 rings (SSSR count). The molecule has 2 heteroatoms. The van der Waals surface area contributed by atoms with Gasteiger partial charge in [0.15, 0.2) is 0 Å². The number of rotatable bonds is 1. The molecular formula is C7H14O2. The lowest BCUT2D eigenvalue weighted by Crippen LogP contribution is -2.16. The van der Waals surface area contributed by atoms with Gasteiger partial charge in [-0.25, -0.2) is 0 Å². The van der Waals surface area contributed by atoms with E-state index in [0.717, 1.165) is 13.0 Å². The summed E-state index contributed by atoms with van der Waals surface area (Å²) in [5, 5.41) is 9.09. The molecule has 0 aromatic heterocycles. The van der Waals surface area contributed by atoms with Gasteiger partial charge in [0.1, 0.15) is 0 Å². The third-order valence-corrected chi connectivity index (χ3v) is 1.91. The van der Waals surface area contributed by atoms with Crippen LogP contribution in [0.2, 0.25) is 0 Å². The van der Waals surface area contributed by atoms with Crippen LogP contribution in [0.4, 0.5) is 0 Å². The molecule has 0 aliphatic carbocycles. The third kappa shape index (κ3) is 1.66. The zero-order chi connectivity index (χ0) is 6.85. The Kier molecular flexibility index (Phi) is 2.09. The summed E-state index contributed by atoms with van der Waals surface area (Å²) in [6.45, 7) is 4.60. The van der Waals surface area contributed by atoms with Gasteiger partial charge >= 0.3 is 0 Å². The predicted octanol–water partition coefficient (Wildman–Crippen LogP) is 0.792. The summed E-state index contributed by atoms with van der Waals surface area (Å²) in [6.07, 6.45) is 1.16. The first-order valence-corrected chi connectivity index (χ1v) is 3.50. The van der Waals surface area contributed by atoms with Crippen LogP contribution in [0.1, 0.15) is 20.3 Å². The van der Waals surface area contributed by atoms with E-state index in [-0.39, 0.29) is 6.10 Å². The Morgan fingerprint density at radius 1 is 1.67 bits per heavy atom. The molecular weight excluding hydrogens is 116 g/mol. The summed E-state index contributed by atoms with van der Waals surface area (Å²) in [5.41, 5.74) is 0. The zero-order valence-electron chi connectivity index (χ0n) is 6.00. The molecule has 1 N–H and O–H groups in total. The Balaban J connectivity index is 2.30. The van der Waals surface area contributed by atoms with Crippen LogP contribution in [0.15, 0.2) is 0 Å². The summed E-state index contributed by atoms with van der Waals surface area (Å²) < 4.78 is 5.27. The lowest BCUT2D eigenvalue weighted by molar-refractivity contribution is 0.0895. The Morgan fingerprint density at radius 2 is 2.33 bits per heavy atom. The second-order valence-electron chi connectivity index (χ2n) is 2.88. The number of ether oxygens (including phenoxy) is 1. The molecule has 0 amide bonds. The Hall–Kier alpha value is -0.0800. The van der Waals surface area contributed by atoms with Crippen LogP contribution in [0, 0.1) is 5.92 Å². The second kappa shape index (κ2) is 2.67. The molecule has 0 aromatic rings. The molecule has 0 spiro atoms. The maximum atomic E-state index is 9.09. The van der Waals surface area contributed by atoms with Gasteiger partial charge in [-0.05, 0) is 20.3 Å². The molecule has 1 heterocycles. The lowest BCUT2D eigenvalue weighted by Gasteiger charge is -2.09. The minimum Gasteiger partial charge on any atom is -0.393 e. The van der Waals surface area contributed by atoms with Crippen molar-refractivity contribution in [3.63, 3.8) is 0 Å². The van der Waals surface area contributed by atoms with E-state index in [9.17, 15) is 0 Å². The highest BCUT2D eigenvalue weighted by Crippen LogP contribution is 2.21. The van der Waals surface area contributed by atoms with Gasteiger partial charge in [-0.15, -0.1) is 0 Å². The van der Waals surface area contributed by atoms with Crippen molar-refractivity contribution in [2.75, 3.05) is 6.61 Å². The molecule has 9 heavy (non-hydrogen) atoms. The molecule has 3 unspecified atom stereocenters. The summed E-state index contributed by atoms with van der Waals surface area (Å²) in [4.78, 5) is 0. The SMILES string of the molecule is CC1CC(C(C)O)CO1. The minimum absolute atomic E-state index is 0.199. The first-order valence-electron chi connectivity index (χ1n) is 3.50. The van der Waals surface area contributed by atoms with Gasteiger partial charge in [-0.1, -0.05) is 0 Å². The van der Waals surface area contributed by atoms with Crippen LogP contribution in [-0.2, 0) is 4.74 Å². The van der Waals surface area contributed by atoms with Crippen LogP contribution >= 0.6 is 0 Å². The van der Waals surface area contributed by atoms with E-state index in [1.54, 1.807) is 0 Å². The molecule has 2 nitrogen and oxygen atoms in total. The lowest BCUT2D eigenvalue weighted by atomic mass is 10.0. The normalized spacial score (nSPS) is 39.0. The summed E-state index contributed by atoms with van der Waals surface area (Å²) >= 11 is 0. The van der Waals surface area contributed by atoms with Gasteiger partial charge in [0.2, 0.25) is 0 Å². The van der Waals surface area contributed by atoms with Crippen molar-refractivity contribution >= 4 is 0 Å². The quantitative estimate of drug-likeness (QED) is 0.568. The maximum absolute atomic E-state index is 9.09. The number of hydrogen-bond donors (Lipinski definition) is 1. The largest absolute Gasteiger partial charge is 0.393 e. The van der Waals surface area contributed by atoms with Crippen molar-refractivity contribution in [1.82, 2.24) is 0 Å². The molecule has 54 valence electrons. The summed E-state index contributed by atoms with van der Waals surface area (Å²) in [6, 6.07) is 0. The highest BCUT2D eigenvalue weighted by atomic mass is 16.5. The van der Waals surface area contributed by atoms with Crippen LogP contribution < -0.4 is 0 Å². The van der Waals surface area contributed by atoms with E-state index in [2.05, 4.69) is 0 Å². The standard InChI is InChI=1S/C7H14O2/c1-5-3-7(4-9-5)6(2)8/h5-8H,3-4H2,1-2H3. The Morgan fingerprint density at radius 3 is 2.56 bits per heavy atom. The second-order valence-corrected chi connectivity index (χ2v) is 2.88. The molecule has 1 aliphatic rings. The highest BCUT2D eigenvalue weighted by molar-refractivity contribution is 4.73. The fraction of sp³-hybridized carbons (Fsp3) is 1.00. The number of aliphatic hydroxyl groups is 1.